The van der Waals surface area contributed by atoms with Crippen molar-refractivity contribution in [3.05, 3.63) is 52.0 Å². The van der Waals surface area contributed by atoms with Gasteiger partial charge in [-0.15, -0.1) is 11.3 Å². The molecular formula is C16H18N2O2S. The summed E-state index contributed by atoms with van der Waals surface area (Å²) in [5.41, 5.74) is 4.51. The van der Waals surface area contributed by atoms with E-state index < -0.39 is 5.97 Å². The molecule has 1 aliphatic heterocycles. The van der Waals surface area contributed by atoms with Gasteiger partial charge in [-0.25, -0.2) is 9.78 Å². The van der Waals surface area contributed by atoms with Crippen molar-refractivity contribution < 1.29 is 9.90 Å². The smallest absolute Gasteiger partial charge is 0.335 e. The van der Waals surface area contributed by atoms with Crippen molar-refractivity contribution in [2.45, 2.75) is 25.3 Å². The van der Waals surface area contributed by atoms with Crippen LogP contribution in [0.25, 0.3) is 0 Å². The molecule has 1 saturated heterocycles. The normalized spacial score (nSPS) is 19.5. The first-order valence-electron chi connectivity index (χ1n) is 7.15. The molecule has 3 rings (SSSR count). The number of aromatic carboxylic acids is 1. The fourth-order valence-electron chi connectivity index (χ4n) is 2.94. The monoisotopic (exact) mass is 302 g/mol. The molecule has 0 amide bonds. The summed E-state index contributed by atoms with van der Waals surface area (Å²) in [6.07, 6.45) is 2.27. The number of carbonyl (C=O) groups is 1. The summed E-state index contributed by atoms with van der Waals surface area (Å²) >= 11 is 1.63. The van der Waals surface area contributed by atoms with Crippen molar-refractivity contribution in [3.63, 3.8) is 0 Å². The van der Waals surface area contributed by atoms with Crippen molar-refractivity contribution in [1.29, 1.82) is 0 Å². The third kappa shape index (κ3) is 3.49. The second-order valence-electron chi connectivity index (χ2n) is 5.48. The van der Waals surface area contributed by atoms with Crippen molar-refractivity contribution >= 4 is 17.3 Å². The number of nitrogens with zero attached hydrogens (tertiary/aromatic N) is 2. The summed E-state index contributed by atoms with van der Waals surface area (Å²) in [5, 5.41) is 11.2. The topological polar surface area (TPSA) is 53.4 Å². The molecular weight excluding hydrogens is 284 g/mol. The number of piperidine rings is 1. The zero-order valence-electron chi connectivity index (χ0n) is 11.7. The Morgan fingerprint density at radius 2 is 2.38 bits per heavy atom. The largest absolute Gasteiger partial charge is 0.478 e. The van der Waals surface area contributed by atoms with E-state index in [1.807, 2.05) is 23.7 Å². The lowest BCUT2D eigenvalue weighted by atomic mass is 9.89. The maximum atomic E-state index is 11.1. The van der Waals surface area contributed by atoms with Crippen LogP contribution in [0.4, 0.5) is 0 Å². The summed E-state index contributed by atoms with van der Waals surface area (Å²) in [5.74, 6) is -0.441. The van der Waals surface area contributed by atoms with Crippen molar-refractivity contribution in [1.82, 2.24) is 9.88 Å². The Kier molecular flexibility index (Phi) is 4.31. The van der Waals surface area contributed by atoms with Gasteiger partial charge in [-0.05, 0) is 43.0 Å². The molecule has 0 aliphatic carbocycles. The second-order valence-corrected chi connectivity index (χ2v) is 6.20. The minimum Gasteiger partial charge on any atom is -0.478 e. The number of aromatic nitrogens is 1. The van der Waals surface area contributed by atoms with E-state index in [4.69, 9.17) is 5.11 Å². The highest BCUT2D eigenvalue weighted by atomic mass is 32.1. The maximum Gasteiger partial charge on any atom is 0.335 e. The number of carboxylic acid groups (broad SMARTS) is 1. The van der Waals surface area contributed by atoms with Crippen LogP contribution in [0.5, 0.6) is 0 Å². The molecule has 0 radical (unpaired) electrons. The van der Waals surface area contributed by atoms with Gasteiger partial charge in [0.15, 0.2) is 0 Å². The highest BCUT2D eigenvalue weighted by Crippen LogP contribution is 2.28. The van der Waals surface area contributed by atoms with Gasteiger partial charge in [0.1, 0.15) is 0 Å². The van der Waals surface area contributed by atoms with Crippen LogP contribution in [0.15, 0.2) is 35.2 Å². The van der Waals surface area contributed by atoms with E-state index in [9.17, 15) is 4.79 Å². The van der Waals surface area contributed by atoms with Crippen LogP contribution >= 0.6 is 11.3 Å². The number of likely N-dealkylation sites (tertiary alicyclic amines) is 1. The molecule has 0 spiro atoms. The fraction of sp³-hybridized carbons (Fsp3) is 0.375. The van der Waals surface area contributed by atoms with Gasteiger partial charge in [-0.1, -0.05) is 12.1 Å². The van der Waals surface area contributed by atoms with Crippen molar-refractivity contribution in [2.75, 3.05) is 13.1 Å². The number of hydrogen-bond donors (Lipinski definition) is 1. The molecule has 21 heavy (non-hydrogen) atoms. The Morgan fingerprint density at radius 3 is 3.14 bits per heavy atom. The van der Waals surface area contributed by atoms with Crippen LogP contribution in [0, 0.1) is 0 Å². The first-order chi connectivity index (χ1) is 10.2. The summed E-state index contributed by atoms with van der Waals surface area (Å²) in [7, 11) is 0. The Balaban J connectivity index is 1.70. The fourth-order valence-corrected chi connectivity index (χ4v) is 3.49. The number of thiazole rings is 1. The lowest BCUT2D eigenvalue weighted by Crippen LogP contribution is -2.34. The van der Waals surface area contributed by atoms with Crippen molar-refractivity contribution in [3.8, 4) is 0 Å². The van der Waals surface area contributed by atoms with Crippen LogP contribution in [0.3, 0.4) is 0 Å². The maximum absolute atomic E-state index is 11.1. The van der Waals surface area contributed by atoms with E-state index in [0.717, 1.165) is 43.7 Å². The molecule has 1 atom stereocenters. The molecule has 1 aliphatic rings. The van der Waals surface area contributed by atoms with E-state index in [-0.39, 0.29) is 0 Å². The molecule has 2 aromatic rings. The molecule has 1 unspecified atom stereocenters. The summed E-state index contributed by atoms with van der Waals surface area (Å²) in [6, 6.07) is 7.36. The average Bonchev–Trinajstić information content (AvgIpc) is 3.00. The van der Waals surface area contributed by atoms with Crippen LogP contribution in [-0.4, -0.2) is 34.0 Å². The van der Waals surface area contributed by atoms with Gasteiger partial charge in [-0.3, -0.25) is 4.90 Å². The molecule has 1 fully saturated rings. The summed E-state index contributed by atoms with van der Waals surface area (Å²) < 4.78 is 0. The number of carboxylic acids is 1. The molecule has 1 aromatic carbocycles. The van der Waals surface area contributed by atoms with Gasteiger partial charge < -0.3 is 5.11 Å². The van der Waals surface area contributed by atoms with Gasteiger partial charge in [0.05, 0.1) is 16.8 Å². The number of benzene rings is 1. The predicted molar refractivity (Wildman–Crippen MR) is 82.8 cm³/mol. The predicted octanol–water partition coefficient (Wildman–Crippen LogP) is 3.22. The zero-order valence-corrected chi connectivity index (χ0v) is 12.6. The van der Waals surface area contributed by atoms with Crippen LogP contribution in [-0.2, 0) is 6.54 Å². The highest BCUT2D eigenvalue weighted by Gasteiger charge is 2.22. The van der Waals surface area contributed by atoms with Crippen LogP contribution in [0.2, 0.25) is 0 Å². The van der Waals surface area contributed by atoms with E-state index in [0.29, 0.717) is 11.5 Å². The summed E-state index contributed by atoms with van der Waals surface area (Å²) in [6.45, 7) is 2.95. The first-order valence-corrected chi connectivity index (χ1v) is 8.09. The molecule has 0 bridgehead atoms. The van der Waals surface area contributed by atoms with E-state index in [2.05, 4.69) is 15.3 Å². The zero-order chi connectivity index (χ0) is 14.7. The molecule has 2 heterocycles. The lowest BCUT2D eigenvalue weighted by molar-refractivity contribution is 0.0696. The molecule has 0 saturated carbocycles. The Morgan fingerprint density at radius 1 is 1.48 bits per heavy atom. The minimum absolute atomic E-state index is 0.379. The van der Waals surface area contributed by atoms with Gasteiger partial charge in [0, 0.05) is 18.5 Å². The minimum atomic E-state index is -0.855. The second kappa shape index (κ2) is 6.37. The van der Waals surface area contributed by atoms with Crippen LogP contribution in [0.1, 0.15) is 40.4 Å². The Hall–Kier alpha value is -1.72. The SMILES string of the molecule is O=C(O)c1cccc(C2CCCN(Cc3cscn3)C2)c1. The first kappa shape index (κ1) is 14.2. The van der Waals surface area contributed by atoms with Gasteiger partial charge in [0.25, 0.3) is 0 Å². The van der Waals surface area contributed by atoms with E-state index >= 15 is 0 Å². The Labute approximate surface area is 128 Å². The van der Waals surface area contributed by atoms with Crippen LogP contribution < -0.4 is 0 Å². The molecule has 1 N–H and O–H groups in total. The third-order valence-corrected chi connectivity index (χ3v) is 4.61. The number of hydrogen-bond acceptors (Lipinski definition) is 4. The average molecular weight is 302 g/mol. The third-order valence-electron chi connectivity index (χ3n) is 3.98. The van der Waals surface area contributed by atoms with Gasteiger partial charge in [-0.2, -0.15) is 0 Å². The molecule has 110 valence electrons. The molecule has 4 nitrogen and oxygen atoms in total. The standard InChI is InChI=1S/C16H18N2O2S/c19-16(20)13-4-1-3-12(7-13)14-5-2-6-18(8-14)9-15-10-21-11-17-15/h1,3-4,7,10-11,14H,2,5-6,8-9H2,(H,19,20). The molecule has 5 heteroatoms. The molecule has 1 aromatic heterocycles. The Bertz CT molecular complexity index is 612. The van der Waals surface area contributed by atoms with E-state index in [1.165, 1.54) is 0 Å². The summed E-state index contributed by atoms with van der Waals surface area (Å²) in [4.78, 5) is 17.9. The van der Waals surface area contributed by atoms with Crippen molar-refractivity contribution in [2.24, 2.45) is 0 Å². The number of rotatable bonds is 4. The quantitative estimate of drug-likeness (QED) is 0.942. The lowest BCUT2D eigenvalue weighted by Gasteiger charge is -2.32. The highest BCUT2D eigenvalue weighted by molar-refractivity contribution is 7.07. The van der Waals surface area contributed by atoms with Gasteiger partial charge >= 0.3 is 5.97 Å². The van der Waals surface area contributed by atoms with E-state index in [1.54, 1.807) is 17.4 Å². The van der Waals surface area contributed by atoms with Gasteiger partial charge in [0.2, 0.25) is 0 Å².